The van der Waals surface area contributed by atoms with Gasteiger partial charge in [-0.2, -0.15) is 0 Å². The minimum absolute atomic E-state index is 0.0799. The van der Waals surface area contributed by atoms with E-state index in [1.54, 1.807) is 31.2 Å². The van der Waals surface area contributed by atoms with Crippen molar-refractivity contribution in [3.63, 3.8) is 0 Å². The Bertz CT molecular complexity index is 4490. The highest BCUT2D eigenvalue weighted by atomic mass is 79.9. The van der Waals surface area contributed by atoms with Gasteiger partial charge in [0.05, 0.1) is 40.8 Å². The number of carboxylic acid groups (broad SMARTS) is 1. The van der Waals surface area contributed by atoms with Gasteiger partial charge in [-0.1, -0.05) is 71.2 Å². The zero-order valence-corrected chi connectivity index (χ0v) is 61.9. The number of carbonyl (C=O) groups is 8. The molecule has 2 fully saturated rings. The number of hydrogen-bond donors (Lipinski definition) is 18. The summed E-state index contributed by atoms with van der Waals surface area (Å²) in [6.45, 7) is 6.72. The van der Waals surface area contributed by atoms with Crippen molar-refractivity contribution in [1.82, 2.24) is 37.2 Å². The molecule has 36 heteroatoms. The van der Waals surface area contributed by atoms with Crippen molar-refractivity contribution in [2.24, 2.45) is 17.4 Å². The average molecular weight is 1620 g/mol. The topological polar surface area (TPSA) is 510 Å². The maximum Gasteiger partial charge on any atom is 0.330 e. The number of rotatable bonds is 15. The second-order valence-electron chi connectivity index (χ2n) is 27.3. The molecule has 7 aliphatic rings. The first-order valence-corrected chi connectivity index (χ1v) is 36.3. The Morgan fingerprint density at radius 3 is 1.93 bits per heavy atom. The lowest BCUT2D eigenvalue weighted by Crippen LogP contribution is -2.64. The van der Waals surface area contributed by atoms with Crippen LogP contribution in [-0.4, -0.2) is 185 Å². The predicted molar refractivity (Wildman–Crippen MR) is 387 cm³/mol. The second kappa shape index (κ2) is 33.0. The summed E-state index contributed by atoms with van der Waals surface area (Å²) < 4.78 is 40.4. The third kappa shape index (κ3) is 17.5. The molecule has 20 N–H and O–H groups in total. The summed E-state index contributed by atoms with van der Waals surface area (Å²) in [6.07, 6.45) is -17.7. The van der Waals surface area contributed by atoms with E-state index >= 15 is 14.4 Å². The van der Waals surface area contributed by atoms with Crippen LogP contribution in [0.1, 0.15) is 105 Å². The quantitative estimate of drug-likeness (QED) is 0.0652. The number of carbonyl (C=O) groups excluding carboxylic acids is 7. The average Bonchev–Trinajstić information content (AvgIpc) is 0.767. The minimum Gasteiger partial charge on any atom is -0.508 e. The van der Waals surface area contributed by atoms with Crippen LogP contribution in [-0.2, 0) is 52.6 Å². The lowest BCUT2D eigenvalue weighted by molar-refractivity contribution is -0.329. The number of amides is 7. The SMILES string of the molecule is CN[C@H](CC(C)C)C(=O)N[C@H]1C(=O)N[C@@H](CC(N)=O)C(=O)N[C@H]2C(=O)N[C@H]3C(=O)N[C@H](C(=O)N[C@@H](C(=O)O)c4cc(O)cc(O)c4-c4cc3ccc4O)[C@H](O)c3ccc(c(Cl)c3)Oc3cc2cc(c3OC2OC(CSc3ccc(Br)cc3)C(O)C(O)C2OC2CC(C)(N)C(O)C(C)O2)Oc2ccc(cc2Cl)[C@H]1O. The van der Waals surface area contributed by atoms with Crippen molar-refractivity contribution in [3.05, 3.63) is 145 Å². The van der Waals surface area contributed by atoms with Gasteiger partial charge in [-0.05, 0) is 134 Å². The van der Waals surface area contributed by atoms with Crippen LogP contribution in [0.4, 0.5) is 0 Å². The third-order valence-corrected chi connectivity index (χ3v) is 21.0. The number of likely N-dealkylation sites (N-methyl/N-ethyl adjacent to an activating group) is 1. The predicted octanol–water partition coefficient (Wildman–Crippen LogP) is 3.67. The maximum absolute atomic E-state index is 16.2. The molecule has 2 saturated heterocycles. The number of hydrogen-bond acceptors (Lipinski definition) is 25. The van der Waals surface area contributed by atoms with E-state index in [0.29, 0.717) is 4.90 Å². The van der Waals surface area contributed by atoms with E-state index < -0.39 is 225 Å². The van der Waals surface area contributed by atoms with Gasteiger partial charge in [-0.3, -0.25) is 33.6 Å². The number of nitrogens with one attached hydrogen (secondary N) is 7. The number of aliphatic carboxylic acids is 1. The lowest BCUT2D eigenvalue weighted by Gasteiger charge is -2.47. The number of phenolic OH excluding ortho intramolecular Hbond substituents is 3. The number of halogens is 3. The molecule has 108 heavy (non-hydrogen) atoms. The Hall–Kier alpha value is -9.11. The Morgan fingerprint density at radius 2 is 1.32 bits per heavy atom. The summed E-state index contributed by atoms with van der Waals surface area (Å²) in [4.78, 5) is 118. The number of primary amides is 1. The van der Waals surface area contributed by atoms with Gasteiger partial charge >= 0.3 is 5.97 Å². The normalized spacial score (nSPS) is 28.3. The number of phenols is 3. The zero-order chi connectivity index (χ0) is 78.2. The van der Waals surface area contributed by atoms with Crippen molar-refractivity contribution in [1.29, 1.82) is 0 Å². The van der Waals surface area contributed by atoms with Gasteiger partial charge in [0, 0.05) is 49.8 Å². The first-order valence-electron chi connectivity index (χ1n) is 33.8. The lowest BCUT2D eigenvalue weighted by atomic mass is 9.86. The van der Waals surface area contributed by atoms with Gasteiger partial charge in [0.15, 0.2) is 29.9 Å². The van der Waals surface area contributed by atoms with Crippen LogP contribution in [0.25, 0.3) is 11.1 Å². The standard InChI is InChI=1S/C72H78BrCl2N9O23S/c1-27(2)16-40(78-5)64(94)83-55-57(89)30-7-14-44(38(74)18-30)103-46-20-32-21-47(61(46)107-71-62(106-50-25-72(4,77)63(93)28(3)102-50)60(92)59(91)48(105-71)26-108-35-11-9-33(73)10-12-35)104-45-15-8-31(19-39(45)75)58(90)56-69(99)82-54(70(100)101)37-22-34(85)23-43(87)51(37)36-17-29(6-13-42(36)86)52(66(96)84-56)81-67(97)53(32)80-65(95)41(24-49(76)88)79-68(55)98/h6-15,17-23,27-28,40-41,48,50,52-60,62-63,71,78,85-87,89-93H,16,24-26,77H2,1-5H3,(H2,76,88)(H,79,98)(H,80,95)(H,81,97)(H,82,99)(H,83,94)(H,84,96)(H,100,101)/t28?,40-,41+,48?,50?,52-,53-,54-,55-,56+,57-,58-,59?,60?,62?,63?,71?,72?/m1/s1. The molecule has 576 valence electrons. The Balaban J connectivity index is 1.16. The number of aromatic hydroxyl groups is 3. The molecule has 6 aromatic rings. The number of aliphatic hydroxyl groups excluding tert-OH is 5. The van der Waals surface area contributed by atoms with E-state index in [4.69, 9.17) is 63.1 Å². The molecular weight excluding hydrogens is 1540 g/mol. The fraction of sp³-hybridized carbons (Fsp3) is 0.389. The molecule has 0 spiro atoms. The largest absolute Gasteiger partial charge is 0.508 e. The van der Waals surface area contributed by atoms with Crippen molar-refractivity contribution < 1.29 is 113 Å². The fourth-order valence-electron chi connectivity index (χ4n) is 13.2. The minimum atomic E-state index is -2.33. The molecule has 6 aromatic carbocycles. The van der Waals surface area contributed by atoms with Gasteiger partial charge in [0.1, 0.15) is 83.4 Å². The van der Waals surface area contributed by atoms with Crippen molar-refractivity contribution >= 4 is 98.2 Å². The smallest absolute Gasteiger partial charge is 0.330 e. The molecule has 7 aliphatic heterocycles. The first kappa shape index (κ1) is 79.9. The summed E-state index contributed by atoms with van der Waals surface area (Å²) in [5, 5.41) is 122. The van der Waals surface area contributed by atoms with E-state index in [1.807, 2.05) is 13.8 Å². The summed E-state index contributed by atoms with van der Waals surface area (Å²) in [7, 11) is 1.48. The number of fused-ring (bicyclic) bond motifs is 15. The highest BCUT2D eigenvalue weighted by Gasteiger charge is 2.52. The summed E-state index contributed by atoms with van der Waals surface area (Å²) in [5.41, 5.74) is 8.27. The van der Waals surface area contributed by atoms with Crippen molar-refractivity contribution in [2.45, 2.75) is 161 Å². The molecule has 11 bridgehead atoms. The maximum atomic E-state index is 16.2. The fourth-order valence-corrected chi connectivity index (χ4v) is 14.9. The Labute approximate surface area is 638 Å². The van der Waals surface area contributed by atoms with Crippen LogP contribution in [0, 0.1) is 5.92 Å². The van der Waals surface area contributed by atoms with Gasteiger partial charge < -0.3 is 123 Å². The molecule has 0 radical (unpaired) electrons. The van der Waals surface area contributed by atoms with E-state index in [2.05, 4.69) is 53.1 Å². The van der Waals surface area contributed by atoms with Gasteiger partial charge in [0.25, 0.3) is 0 Å². The van der Waals surface area contributed by atoms with Crippen LogP contribution < -0.4 is 62.9 Å². The van der Waals surface area contributed by atoms with E-state index in [-0.39, 0.29) is 57.7 Å². The van der Waals surface area contributed by atoms with Crippen LogP contribution >= 0.6 is 50.9 Å². The highest BCUT2D eigenvalue weighted by molar-refractivity contribution is 9.10. The molecule has 0 saturated carbocycles. The molecule has 0 aliphatic carbocycles. The number of nitrogens with two attached hydrogens (primary N) is 2. The molecular formula is C72H78BrCl2N9O23S. The van der Waals surface area contributed by atoms with Crippen LogP contribution in [0.5, 0.6) is 46.0 Å². The van der Waals surface area contributed by atoms with Gasteiger partial charge in [0.2, 0.25) is 53.4 Å². The summed E-state index contributed by atoms with van der Waals surface area (Å²) in [5.74, 6) is -15.7. The van der Waals surface area contributed by atoms with Crippen LogP contribution in [0.15, 0.2) is 112 Å². The molecule has 18 atom stereocenters. The third-order valence-electron chi connectivity index (χ3n) is 18.8. The monoisotopic (exact) mass is 1620 g/mol. The molecule has 9 unspecified atom stereocenters. The molecule has 7 amide bonds. The molecule has 7 heterocycles. The highest BCUT2D eigenvalue weighted by Crippen LogP contribution is 2.50. The number of thioether (sulfide) groups is 1. The number of benzene rings is 6. The Morgan fingerprint density at radius 1 is 0.713 bits per heavy atom. The van der Waals surface area contributed by atoms with Crippen LogP contribution in [0.2, 0.25) is 10.0 Å². The van der Waals surface area contributed by atoms with E-state index in [0.717, 1.165) is 65.1 Å². The number of aliphatic hydroxyl groups is 5. The molecule has 32 nitrogen and oxygen atoms in total. The zero-order valence-electron chi connectivity index (χ0n) is 58.0. The summed E-state index contributed by atoms with van der Waals surface area (Å²) >= 11 is 18.9. The van der Waals surface area contributed by atoms with E-state index in [9.17, 15) is 69.9 Å². The Kier molecular flexibility index (Phi) is 24.4. The second-order valence-corrected chi connectivity index (χ2v) is 30.1. The molecule has 0 aromatic heterocycles. The van der Waals surface area contributed by atoms with Crippen molar-refractivity contribution in [3.8, 4) is 57.1 Å². The number of ether oxygens (including phenoxy) is 6. The van der Waals surface area contributed by atoms with Gasteiger partial charge in [-0.15, -0.1) is 11.8 Å². The van der Waals surface area contributed by atoms with E-state index in [1.165, 1.54) is 43.9 Å². The van der Waals surface area contributed by atoms with Crippen LogP contribution in [0.3, 0.4) is 0 Å². The van der Waals surface area contributed by atoms with Crippen molar-refractivity contribution in [2.75, 3.05) is 12.8 Å². The molecule has 13 rings (SSSR count). The summed E-state index contributed by atoms with van der Waals surface area (Å²) in [6, 6.07) is 6.82. The number of carboxylic acids is 1. The first-order chi connectivity index (χ1) is 51.1. The van der Waals surface area contributed by atoms with Gasteiger partial charge in [-0.25, -0.2) is 4.79 Å².